The highest BCUT2D eigenvalue weighted by Gasteiger charge is 1.46. The molecule has 7 heteroatoms. The third-order valence-corrected chi connectivity index (χ3v) is 0. The van der Waals surface area contributed by atoms with E-state index in [2.05, 4.69) is 0 Å². The summed E-state index contributed by atoms with van der Waals surface area (Å²) in [5.41, 5.74) is 0. The Balaban J connectivity index is -0.0000000171. The lowest BCUT2D eigenvalue weighted by Crippen LogP contribution is -2.16. The van der Waals surface area contributed by atoms with E-state index >= 15 is 0 Å². The molecule has 0 atom stereocenters. The van der Waals surface area contributed by atoms with E-state index in [9.17, 15) is 0 Å². The van der Waals surface area contributed by atoms with E-state index in [4.69, 9.17) is 19.8 Å². The van der Waals surface area contributed by atoms with Gasteiger partial charge in [-0.1, -0.05) is 0 Å². The summed E-state index contributed by atoms with van der Waals surface area (Å²) in [6.07, 6.45) is 0. The molecule has 0 aromatic rings. The summed E-state index contributed by atoms with van der Waals surface area (Å²) in [4.78, 5) is 17.8. The van der Waals surface area contributed by atoms with Gasteiger partial charge in [0.2, 0.25) is 0 Å². The van der Waals surface area contributed by atoms with Crippen LogP contribution in [0.4, 0.5) is 0 Å². The van der Waals surface area contributed by atoms with Crippen LogP contribution in [-0.4, -0.2) is 17.4 Å². The highest BCUT2D eigenvalue weighted by Crippen LogP contribution is 1.31. The van der Waals surface area contributed by atoms with E-state index in [1.54, 1.807) is 0 Å². The maximum Gasteiger partial charge on any atom is 0.0383 e. The van der Waals surface area contributed by atoms with Gasteiger partial charge in [0.05, 0.1) is 0 Å². The Morgan fingerprint density at radius 2 is 0.909 bits per heavy atom. The first-order chi connectivity index (χ1) is 3.46. The number of carboxylic acid groups (broad SMARTS) is 2. The molecule has 0 aliphatic heterocycles. The second-order valence-corrected chi connectivity index (χ2v) is 0.983. The molecule has 72 valence electrons. The molecular formula is C4H16N2O5. The SMILES string of the molecule is CC(=O)[O-].CC(=O)[O-].O.[NH4+].[NH4+]. The average molecular weight is 172 g/mol. The van der Waals surface area contributed by atoms with Gasteiger partial charge in [-0.05, 0) is 13.8 Å². The molecule has 7 nitrogen and oxygen atoms in total. The molecule has 0 spiro atoms. The molecule has 0 amide bonds. The fourth-order valence-corrected chi connectivity index (χ4v) is 0. The minimum Gasteiger partial charge on any atom is -0.550 e. The molecule has 0 heterocycles. The van der Waals surface area contributed by atoms with Crippen LogP contribution < -0.4 is 22.5 Å². The summed E-state index contributed by atoms with van der Waals surface area (Å²) in [7, 11) is 0. The quantitative estimate of drug-likeness (QED) is 0.407. The Labute approximate surface area is 64.5 Å². The third kappa shape index (κ3) is 295. The fourth-order valence-electron chi connectivity index (χ4n) is 0. The zero-order chi connectivity index (χ0) is 7.15. The van der Waals surface area contributed by atoms with Crippen LogP contribution in [0.15, 0.2) is 0 Å². The summed E-state index contributed by atoms with van der Waals surface area (Å²) in [5.74, 6) is -2.17. The molecule has 0 aliphatic rings. The van der Waals surface area contributed by atoms with Crippen molar-refractivity contribution in [1.29, 1.82) is 0 Å². The Morgan fingerprint density at radius 1 is 0.909 bits per heavy atom. The van der Waals surface area contributed by atoms with Crippen LogP contribution in [-0.2, 0) is 9.59 Å². The van der Waals surface area contributed by atoms with Crippen LogP contribution in [0.3, 0.4) is 0 Å². The normalized spacial score (nSPS) is 4.55. The maximum absolute atomic E-state index is 8.89. The first kappa shape index (κ1) is 32.9. The molecule has 0 aromatic heterocycles. The zero-order valence-electron chi connectivity index (χ0n) is 7.13. The lowest BCUT2D eigenvalue weighted by Gasteiger charge is -1.77. The number of carboxylic acids is 2. The van der Waals surface area contributed by atoms with Crippen molar-refractivity contribution in [2.75, 3.05) is 0 Å². The highest BCUT2D eigenvalue weighted by molar-refractivity contribution is 5.60. The van der Waals surface area contributed by atoms with Crippen LogP contribution in [0, 0.1) is 0 Å². The number of hydrogen-bond donors (Lipinski definition) is 2. The first-order valence-corrected chi connectivity index (χ1v) is 1.82. The van der Waals surface area contributed by atoms with Crippen molar-refractivity contribution in [2.24, 2.45) is 0 Å². The van der Waals surface area contributed by atoms with Gasteiger partial charge < -0.3 is 37.6 Å². The van der Waals surface area contributed by atoms with E-state index in [1.165, 1.54) is 0 Å². The Kier molecular flexibility index (Phi) is 69.4. The molecule has 0 unspecified atom stereocenters. The summed E-state index contributed by atoms with van der Waals surface area (Å²) < 4.78 is 0. The van der Waals surface area contributed by atoms with Crippen molar-refractivity contribution in [2.45, 2.75) is 13.8 Å². The van der Waals surface area contributed by atoms with Crippen LogP contribution in [0.25, 0.3) is 0 Å². The van der Waals surface area contributed by atoms with Crippen molar-refractivity contribution in [3.05, 3.63) is 0 Å². The maximum atomic E-state index is 8.89. The predicted molar refractivity (Wildman–Crippen MR) is 36.9 cm³/mol. The van der Waals surface area contributed by atoms with E-state index in [1.807, 2.05) is 0 Å². The van der Waals surface area contributed by atoms with Crippen molar-refractivity contribution < 1.29 is 25.3 Å². The van der Waals surface area contributed by atoms with Gasteiger partial charge in [0, 0.05) is 11.9 Å². The summed E-state index contributed by atoms with van der Waals surface area (Å²) >= 11 is 0. The van der Waals surface area contributed by atoms with Crippen LogP contribution in [0.5, 0.6) is 0 Å². The van der Waals surface area contributed by atoms with Crippen molar-refractivity contribution in [3.8, 4) is 0 Å². The van der Waals surface area contributed by atoms with Gasteiger partial charge in [0.15, 0.2) is 0 Å². The van der Waals surface area contributed by atoms with E-state index < -0.39 is 11.9 Å². The molecule has 10 N–H and O–H groups in total. The monoisotopic (exact) mass is 172 g/mol. The number of quaternary nitrogens is 2. The van der Waals surface area contributed by atoms with Crippen molar-refractivity contribution >= 4 is 11.9 Å². The summed E-state index contributed by atoms with van der Waals surface area (Å²) in [6.45, 7) is 1.94. The fraction of sp³-hybridized carbons (Fsp3) is 0.500. The van der Waals surface area contributed by atoms with Gasteiger partial charge >= 0.3 is 0 Å². The van der Waals surface area contributed by atoms with Gasteiger partial charge in [0.25, 0.3) is 0 Å². The lowest BCUT2D eigenvalue weighted by atomic mass is 10.9. The number of carbonyl (C=O) groups is 2. The molecule has 0 saturated heterocycles. The lowest BCUT2D eigenvalue weighted by molar-refractivity contribution is -0.303. The summed E-state index contributed by atoms with van der Waals surface area (Å²) in [5, 5.41) is 17.8. The average Bonchev–Trinajstić information content (AvgIpc) is 1.25. The molecule has 0 aliphatic carbocycles. The second kappa shape index (κ2) is 23.2. The summed E-state index contributed by atoms with van der Waals surface area (Å²) in [6, 6.07) is 0. The van der Waals surface area contributed by atoms with Gasteiger partial charge in [-0.25, -0.2) is 0 Å². The number of carbonyl (C=O) groups excluding carboxylic acids is 2. The molecule has 0 aromatic carbocycles. The topological polar surface area (TPSA) is 185 Å². The molecule has 0 radical (unpaired) electrons. The molecule has 0 rings (SSSR count). The Hall–Kier alpha value is -1.18. The highest BCUT2D eigenvalue weighted by atomic mass is 16.4. The van der Waals surface area contributed by atoms with Crippen molar-refractivity contribution in [1.82, 2.24) is 12.3 Å². The Morgan fingerprint density at radius 3 is 0.909 bits per heavy atom. The Bertz CT molecular complexity index is 74.5. The van der Waals surface area contributed by atoms with E-state index in [0.29, 0.717) is 0 Å². The minimum atomic E-state index is -1.08. The molecule has 0 saturated carbocycles. The van der Waals surface area contributed by atoms with Crippen LogP contribution in [0.2, 0.25) is 0 Å². The molecule has 0 bridgehead atoms. The smallest absolute Gasteiger partial charge is 0.0383 e. The van der Waals surface area contributed by atoms with Crippen LogP contribution >= 0.6 is 0 Å². The molecule has 0 fully saturated rings. The van der Waals surface area contributed by atoms with Gasteiger partial charge in [-0.15, -0.1) is 0 Å². The van der Waals surface area contributed by atoms with Gasteiger partial charge in [0.1, 0.15) is 0 Å². The van der Waals surface area contributed by atoms with Gasteiger partial charge in [-0.2, -0.15) is 0 Å². The number of rotatable bonds is 0. The van der Waals surface area contributed by atoms with Crippen LogP contribution in [0.1, 0.15) is 13.8 Å². The zero-order valence-corrected chi connectivity index (χ0v) is 7.13. The van der Waals surface area contributed by atoms with Gasteiger partial charge in [-0.3, -0.25) is 0 Å². The minimum absolute atomic E-state index is 0. The first-order valence-electron chi connectivity index (χ1n) is 1.82. The van der Waals surface area contributed by atoms with Crippen molar-refractivity contribution in [3.63, 3.8) is 0 Å². The molecular weight excluding hydrogens is 156 g/mol. The number of aliphatic carboxylic acids is 2. The predicted octanol–water partition coefficient (Wildman–Crippen LogP) is -2.56. The van der Waals surface area contributed by atoms with E-state index in [0.717, 1.165) is 13.8 Å². The second-order valence-electron chi connectivity index (χ2n) is 0.983. The third-order valence-electron chi connectivity index (χ3n) is 0. The standard InChI is InChI=1S/2C2H4O2.2H3N.H2O/c2*1-2(3)4;;;/h2*1H3,(H,3,4);2*1H3;1H2. The van der Waals surface area contributed by atoms with E-state index in [-0.39, 0.29) is 17.8 Å². The largest absolute Gasteiger partial charge is 0.550 e. The molecule has 11 heavy (non-hydrogen) atoms. The number of hydrogen-bond acceptors (Lipinski definition) is 4.